The van der Waals surface area contributed by atoms with Gasteiger partial charge in [-0.2, -0.15) is 0 Å². The second-order valence-corrected chi connectivity index (χ2v) is 6.47. The first-order valence-electron chi connectivity index (χ1n) is 7.74. The van der Waals surface area contributed by atoms with Gasteiger partial charge in [-0.1, -0.05) is 41.9 Å². The van der Waals surface area contributed by atoms with Gasteiger partial charge in [-0.3, -0.25) is 4.79 Å². The molecule has 0 saturated heterocycles. The second kappa shape index (κ2) is 6.62. The number of esters is 1. The predicted octanol–water partition coefficient (Wildman–Crippen LogP) is 4.57. The van der Waals surface area contributed by atoms with Gasteiger partial charge in [0.25, 0.3) is 0 Å². The molecule has 0 radical (unpaired) electrons. The molecule has 1 aliphatic heterocycles. The fourth-order valence-electron chi connectivity index (χ4n) is 2.98. The van der Waals surface area contributed by atoms with Crippen LogP contribution >= 0.6 is 11.6 Å². The first kappa shape index (κ1) is 16.5. The molecule has 1 heterocycles. The van der Waals surface area contributed by atoms with Crippen LogP contribution in [0.25, 0.3) is 0 Å². The zero-order chi connectivity index (χ0) is 17.2. The van der Waals surface area contributed by atoms with Crippen LogP contribution in [-0.4, -0.2) is 17.4 Å². The van der Waals surface area contributed by atoms with Crippen LogP contribution in [0.1, 0.15) is 35.2 Å². The number of benzene rings is 2. The number of cyclic esters (lactones) is 1. The van der Waals surface area contributed by atoms with Gasteiger partial charge < -0.3 is 4.74 Å². The molecule has 3 rings (SSSR count). The lowest BCUT2D eigenvalue weighted by atomic mass is 9.79. The monoisotopic (exact) mass is 340 g/mol. The van der Waals surface area contributed by atoms with Crippen molar-refractivity contribution in [2.45, 2.75) is 24.9 Å². The van der Waals surface area contributed by atoms with E-state index in [1.54, 1.807) is 30.3 Å². The van der Waals surface area contributed by atoms with Crippen molar-refractivity contribution in [2.24, 2.45) is 0 Å². The number of ketones is 1. The van der Waals surface area contributed by atoms with Gasteiger partial charge in [0.05, 0.1) is 0 Å². The number of hydrogen-bond donors (Lipinski definition) is 0. The minimum atomic E-state index is -0.833. The van der Waals surface area contributed by atoms with Crippen LogP contribution in [0.5, 0.6) is 0 Å². The average Bonchev–Trinajstić information content (AvgIpc) is 2.94. The van der Waals surface area contributed by atoms with E-state index in [-0.39, 0.29) is 24.1 Å². The molecule has 0 spiro atoms. The Balaban J connectivity index is 1.91. The van der Waals surface area contributed by atoms with E-state index in [4.69, 9.17) is 16.3 Å². The summed E-state index contributed by atoms with van der Waals surface area (Å²) < 4.78 is 5.50. The van der Waals surface area contributed by atoms with Gasteiger partial charge in [-0.25, -0.2) is 4.79 Å². The SMILES string of the molecule is C[C@]1([C@@H](CC(=O)c2ccc(Cl)cc2)c2ccccc2)C=CC(=O)O1. The molecule has 0 saturated carbocycles. The normalized spacial score (nSPS) is 20.7. The van der Waals surface area contributed by atoms with Crippen molar-refractivity contribution in [1.29, 1.82) is 0 Å². The summed E-state index contributed by atoms with van der Waals surface area (Å²) in [7, 11) is 0. The summed E-state index contributed by atoms with van der Waals surface area (Å²) >= 11 is 5.88. The van der Waals surface area contributed by atoms with Crippen molar-refractivity contribution in [3.05, 3.63) is 82.9 Å². The van der Waals surface area contributed by atoms with E-state index >= 15 is 0 Å². The van der Waals surface area contributed by atoms with Crippen molar-refractivity contribution < 1.29 is 14.3 Å². The molecule has 122 valence electrons. The van der Waals surface area contributed by atoms with Crippen LogP contribution in [0.3, 0.4) is 0 Å². The molecular formula is C20H17ClO3. The van der Waals surface area contributed by atoms with Crippen molar-refractivity contribution in [3.63, 3.8) is 0 Å². The Morgan fingerprint density at radius 2 is 1.79 bits per heavy atom. The van der Waals surface area contributed by atoms with E-state index in [0.717, 1.165) is 5.56 Å². The van der Waals surface area contributed by atoms with Gasteiger partial charge in [-0.15, -0.1) is 0 Å². The Morgan fingerprint density at radius 3 is 2.38 bits per heavy atom. The van der Waals surface area contributed by atoms with E-state index < -0.39 is 5.60 Å². The molecule has 0 fully saturated rings. The smallest absolute Gasteiger partial charge is 0.331 e. The molecule has 2 atom stereocenters. The summed E-state index contributed by atoms with van der Waals surface area (Å²) in [4.78, 5) is 24.3. The lowest BCUT2D eigenvalue weighted by Gasteiger charge is -2.31. The molecule has 1 aliphatic rings. The number of rotatable bonds is 5. The standard InChI is InChI=1S/C20H17ClO3/c1-20(12-11-19(23)24-20)17(14-5-3-2-4-6-14)13-18(22)15-7-9-16(21)10-8-15/h2-12,17H,13H2,1H3/t17-,20+/m0/s1. The molecular weight excluding hydrogens is 324 g/mol. The summed E-state index contributed by atoms with van der Waals surface area (Å²) in [6.45, 7) is 1.83. The number of carbonyl (C=O) groups is 2. The highest BCUT2D eigenvalue weighted by atomic mass is 35.5. The van der Waals surface area contributed by atoms with Crippen molar-refractivity contribution in [2.75, 3.05) is 0 Å². The maximum atomic E-state index is 12.7. The van der Waals surface area contributed by atoms with E-state index in [9.17, 15) is 9.59 Å². The fourth-order valence-corrected chi connectivity index (χ4v) is 3.11. The molecule has 0 unspecified atom stereocenters. The molecule has 0 aliphatic carbocycles. The largest absolute Gasteiger partial charge is 0.451 e. The third-order valence-electron chi connectivity index (χ3n) is 4.32. The molecule has 4 heteroatoms. The van der Waals surface area contributed by atoms with E-state index in [1.807, 2.05) is 37.3 Å². The lowest BCUT2D eigenvalue weighted by Crippen LogP contribution is -2.34. The number of carbonyl (C=O) groups excluding carboxylic acids is 2. The van der Waals surface area contributed by atoms with Crippen LogP contribution in [0.15, 0.2) is 66.7 Å². The highest BCUT2D eigenvalue weighted by Gasteiger charge is 2.41. The molecule has 24 heavy (non-hydrogen) atoms. The number of halogens is 1. The van der Waals surface area contributed by atoms with Crippen molar-refractivity contribution >= 4 is 23.4 Å². The van der Waals surface area contributed by atoms with Gasteiger partial charge in [0.1, 0.15) is 5.60 Å². The quantitative estimate of drug-likeness (QED) is 0.591. The molecule has 0 bridgehead atoms. The van der Waals surface area contributed by atoms with Gasteiger partial charge in [0.2, 0.25) is 0 Å². The molecule has 2 aromatic rings. The minimum absolute atomic E-state index is 0.0157. The molecule has 0 aromatic heterocycles. The second-order valence-electron chi connectivity index (χ2n) is 6.04. The first-order valence-corrected chi connectivity index (χ1v) is 8.12. The van der Waals surface area contributed by atoms with Crippen molar-refractivity contribution in [3.8, 4) is 0 Å². The van der Waals surface area contributed by atoms with Gasteiger partial charge in [-0.05, 0) is 42.8 Å². The highest BCUT2D eigenvalue weighted by Crippen LogP contribution is 2.39. The highest BCUT2D eigenvalue weighted by molar-refractivity contribution is 6.30. The molecule has 3 nitrogen and oxygen atoms in total. The Kier molecular flexibility index (Phi) is 4.54. The minimum Gasteiger partial charge on any atom is -0.451 e. The van der Waals surface area contributed by atoms with E-state index in [2.05, 4.69) is 0 Å². The summed E-state index contributed by atoms with van der Waals surface area (Å²) in [5, 5.41) is 0.589. The Labute approximate surface area is 145 Å². The van der Waals surface area contributed by atoms with Crippen LogP contribution in [-0.2, 0) is 9.53 Å². The molecule has 2 aromatic carbocycles. The summed E-state index contributed by atoms with van der Waals surface area (Å²) in [5.74, 6) is -0.653. The topological polar surface area (TPSA) is 43.4 Å². The van der Waals surface area contributed by atoms with Crippen LogP contribution in [0.4, 0.5) is 0 Å². The van der Waals surface area contributed by atoms with Crippen molar-refractivity contribution in [1.82, 2.24) is 0 Å². The van der Waals surface area contributed by atoms with Crippen LogP contribution in [0, 0.1) is 0 Å². The third kappa shape index (κ3) is 3.41. The van der Waals surface area contributed by atoms with Crippen LogP contribution in [0.2, 0.25) is 5.02 Å². The average molecular weight is 341 g/mol. The Bertz CT molecular complexity index is 780. The lowest BCUT2D eigenvalue weighted by molar-refractivity contribution is -0.145. The summed E-state index contributed by atoms with van der Waals surface area (Å²) in [6.07, 6.45) is 3.39. The maximum Gasteiger partial charge on any atom is 0.331 e. The summed E-state index contributed by atoms with van der Waals surface area (Å²) in [5.41, 5.74) is 0.722. The zero-order valence-electron chi connectivity index (χ0n) is 13.2. The summed E-state index contributed by atoms with van der Waals surface area (Å²) in [6, 6.07) is 16.5. The molecule has 0 amide bonds. The molecule has 0 N–H and O–H groups in total. The van der Waals surface area contributed by atoms with Gasteiger partial charge in [0, 0.05) is 29.0 Å². The van der Waals surface area contributed by atoms with Crippen LogP contribution < -0.4 is 0 Å². The van der Waals surface area contributed by atoms with E-state index in [0.29, 0.717) is 10.6 Å². The van der Waals surface area contributed by atoms with E-state index in [1.165, 1.54) is 6.08 Å². The Hall–Kier alpha value is -2.39. The number of hydrogen-bond acceptors (Lipinski definition) is 3. The Morgan fingerprint density at radius 1 is 1.12 bits per heavy atom. The predicted molar refractivity (Wildman–Crippen MR) is 93.2 cm³/mol. The maximum absolute atomic E-state index is 12.7. The fraction of sp³-hybridized carbons (Fsp3) is 0.200. The van der Waals surface area contributed by atoms with Gasteiger partial charge >= 0.3 is 5.97 Å². The van der Waals surface area contributed by atoms with Gasteiger partial charge in [0.15, 0.2) is 5.78 Å². The third-order valence-corrected chi connectivity index (χ3v) is 4.57. The first-order chi connectivity index (χ1) is 11.5. The number of ether oxygens (including phenoxy) is 1. The number of Topliss-reactive ketones (excluding diaryl/α,β-unsaturated/α-hetero) is 1. The zero-order valence-corrected chi connectivity index (χ0v) is 14.0.